The van der Waals surface area contributed by atoms with Crippen LogP contribution < -0.4 is 10.5 Å². The van der Waals surface area contributed by atoms with Gasteiger partial charge in [0.25, 0.3) is 0 Å². The quantitative estimate of drug-likeness (QED) is 0.785. The fraction of sp³-hybridized carbons (Fsp3) is 0.588. The maximum Gasteiger partial charge on any atom is 0.323 e. The van der Waals surface area contributed by atoms with Crippen LogP contribution in [0.5, 0.6) is 5.75 Å². The summed E-state index contributed by atoms with van der Waals surface area (Å²) in [6, 6.07) is 8.95. The Hall–Kier alpha value is -1.55. The van der Waals surface area contributed by atoms with E-state index in [2.05, 4.69) is 0 Å². The summed E-state index contributed by atoms with van der Waals surface area (Å²) in [6.45, 7) is 9.73. The average molecular weight is 293 g/mol. The molecule has 21 heavy (non-hydrogen) atoms. The lowest BCUT2D eigenvalue weighted by atomic mass is 10.0. The zero-order valence-corrected chi connectivity index (χ0v) is 13.6. The van der Waals surface area contributed by atoms with Gasteiger partial charge in [-0.2, -0.15) is 0 Å². The van der Waals surface area contributed by atoms with Crippen LogP contribution >= 0.6 is 0 Å². The number of carbonyl (C=O) groups excluding carboxylic acids is 1. The molecule has 0 amide bonds. The van der Waals surface area contributed by atoms with Crippen molar-refractivity contribution >= 4 is 5.97 Å². The summed E-state index contributed by atoms with van der Waals surface area (Å²) in [6.07, 6.45) is -0.571. The van der Waals surface area contributed by atoms with Crippen molar-refractivity contribution in [3.05, 3.63) is 30.3 Å². The minimum atomic E-state index is -0.600. The van der Waals surface area contributed by atoms with Crippen LogP contribution in [0.3, 0.4) is 0 Å². The number of para-hydroxylation sites is 1. The van der Waals surface area contributed by atoms with Gasteiger partial charge in [-0.05, 0) is 30.9 Å². The smallest absolute Gasteiger partial charge is 0.323 e. The van der Waals surface area contributed by atoms with Gasteiger partial charge in [0.05, 0.1) is 0 Å². The average Bonchev–Trinajstić information content (AvgIpc) is 2.44. The van der Waals surface area contributed by atoms with Gasteiger partial charge in [-0.15, -0.1) is 0 Å². The lowest BCUT2D eigenvalue weighted by molar-refractivity contribution is -0.156. The zero-order valence-electron chi connectivity index (χ0n) is 13.6. The molecule has 0 radical (unpaired) electrons. The number of hydrogen-bond donors (Lipinski definition) is 1. The van der Waals surface area contributed by atoms with E-state index in [0.29, 0.717) is 0 Å². The lowest BCUT2D eigenvalue weighted by Crippen LogP contribution is -2.43. The molecule has 1 rings (SSSR count). The van der Waals surface area contributed by atoms with E-state index in [1.54, 1.807) is 0 Å². The molecule has 0 aliphatic heterocycles. The lowest BCUT2D eigenvalue weighted by Gasteiger charge is -2.29. The number of hydrogen-bond acceptors (Lipinski definition) is 4. The molecule has 2 N–H and O–H groups in total. The third-order valence-corrected chi connectivity index (χ3v) is 3.43. The van der Waals surface area contributed by atoms with Crippen LogP contribution in [-0.4, -0.2) is 24.2 Å². The van der Waals surface area contributed by atoms with Crippen LogP contribution in [0.1, 0.15) is 34.6 Å². The molecule has 1 aromatic carbocycles. The molecule has 4 nitrogen and oxygen atoms in total. The predicted molar refractivity (Wildman–Crippen MR) is 84.1 cm³/mol. The summed E-state index contributed by atoms with van der Waals surface area (Å²) in [5, 5.41) is 0. The van der Waals surface area contributed by atoms with E-state index in [1.165, 1.54) is 0 Å². The highest BCUT2D eigenvalue weighted by Crippen LogP contribution is 2.20. The Kier molecular flexibility index (Phi) is 6.69. The van der Waals surface area contributed by atoms with Gasteiger partial charge in [-0.25, -0.2) is 0 Å². The monoisotopic (exact) mass is 293 g/mol. The molecule has 0 aliphatic carbocycles. The Morgan fingerprint density at radius 2 is 1.57 bits per heavy atom. The first kappa shape index (κ1) is 17.5. The molecular formula is C17H27NO3. The molecule has 0 fully saturated rings. The van der Waals surface area contributed by atoms with E-state index in [4.69, 9.17) is 15.2 Å². The van der Waals surface area contributed by atoms with Crippen molar-refractivity contribution in [3.63, 3.8) is 0 Å². The summed E-state index contributed by atoms with van der Waals surface area (Å²) < 4.78 is 11.4. The zero-order chi connectivity index (χ0) is 16.0. The molecule has 0 aromatic heterocycles. The Balaban J connectivity index is 2.70. The second kappa shape index (κ2) is 8.03. The van der Waals surface area contributed by atoms with E-state index in [1.807, 2.05) is 65.0 Å². The summed E-state index contributed by atoms with van der Waals surface area (Å²) in [5.41, 5.74) is 5.82. The van der Waals surface area contributed by atoms with E-state index in [9.17, 15) is 4.79 Å². The van der Waals surface area contributed by atoms with Gasteiger partial charge in [0, 0.05) is 0 Å². The number of benzene rings is 1. The molecule has 0 spiro atoms. The molecule has 0 saturated heterocycles. The number of carbonyl (C=O) groups is 1. The fourth-order valence-corrected chi connectivity index (χ4v) is 2.03. The first-order valence-corrected chi connectivity index (χ1v) is 7.50. The fourth-order valence-electron chi connectivity index (χ4n) is 2.03. The minimum absolute atomic E-state index is 0.0530. The number of ether oxygens (including phenoxy) is 2. The van der Waals surface area contributed by atoms with Crippen LogP contribution in [0.15, 0.2) is 30.3 Å². The molecule has 0 bridgehead atoms. The van der Waals surface area contributed by atoms with Gasteiger partial charge in [0.1, 0.15) is 24.0 Å². The highest BCUT2D eigenvalue weighted by Gasteiger charge is 2.28. The Bertz CT molecular complexity index is 431. The highest BCUT2D eigenvalue weighted by atomic mass is 16.6. The minimum Gasteiger partial charge on any atom is -0.486 e. The van der Waals surface area contributed by atoms with Crippen molar-refractivity contribution in [2.24, 2.45) is 17.6 Å². The van der Waals surface area contributed by atoms with Crippen LogP contribution in [0.25, 0.3) is 0 Å². The predicted octanol–water partition coefficient (Wildman–Crippen LogP) is 3.01. The summed E-state index contributed by atoms with van der Waals surface area (Å²) in [7, 11) is 0. The maximum atomic E-state index is 12.0. The first-order chi connectivity index (χ1) is 9.82. The van der Waals surface area contributed by atoms with E-state index in [0.717, 1.165) is 5.75 Å². The largest absolute Gasteiger partial charge is 0.486 e. The van der Waals surface area contributed by atoms with Crippen LogP contribution in [0.4, 0.5) is 0 Å². The number of esters is 1. The van der Waals surface area contributed by atoms with Crippen molar-refractivity contribution in [3.8, 4) is 5.75 Å². The molecule has 4 heteroatoms. The van der Waals surface area contributed by atoms with Gasteiger partial charge >= 0.3 is 5.97 Å². The molecular weight excluding hydrogens is 266 g/mol. The van der Waals surface area contributed by atoms with Crippen LogP contribution in [-0.2, 0) is 9.53 Å². The van der Waals surface area contributed by atoms with Gasteiger partial charge in [-0.1, -0.05) is 45.9 Å². The van der Waals surface area contributed by atoms with E-state index < -0.39 is 6.04 Å². The topological polar surface area (TPSA) is 61.6 Å². The van der Waals surface area contributed by atoms with Gasteiger partial charge < -0.3 is 15.2 Å². The van der Waals surface area contributed by atoms with E-state index in [-0.39, 0.29) is 30.0 Å². The molecule has 3 atom stereocenters. The van der Waals surface area contributed by atoms with Crippen LogP contribution in [0, 0.1) is 11.8 Å². The Labute approximate surface area is 127 Å². The van der Waals surface area contributed by atoms with Gasteiger partial charge in [0.15, 0.2) is 0 Å². The van der Waals surface area contributed by atoms with Crippen molar-refractivity contribution < 1.29 is 14.3 Å². The summed E-state index contributed by atoms with van der Waals surface area (Å²) in [5.74, 6) is 0.660. The van der Waals surface area contributed by atoms with Crippen molar-refractivity contribution in [2.75, 3.05) is 0 Å². The van der Waals surface area contributed by atoms with Crippen molar-refractivity contribution in [2.45, 2.75) is 52.9 Å². The molecule has 0 unspecified atom stereocenters. The second-order valence-corrected chi connectivity index (χ2v) is 6.05. The molecule has 118 valence electrons. The third kappa shape index (κ3) is 5.38. The maximum absolute atomic E-state index is 12.0. The second-order valence-electron chi connectivity index (χ2n) is 6.05. The molecule has 0 aliphatic rings. The molecule has 0 saturated carbocycles. The standard InChI is InChI=1S/C17H27NO3/c1-11(2)15(18)17(19)20-13(5)16(12(3)4)21-14-9-7-6-8-10-14/h6-13,15-16H,18H2,1-5H3/t13-,15-,16+/m0/s1. The molecule has 1 aromatic rings. The highest BCUT2D eigenvalue weighted by molar-refractivity contribution is 5.75. The normalized spacial score (nSPS) is 15.6. The number of rotatable bonds is 7. The summed E-state index contributed by atoms with van der Waals surface area (Å²) >= 11 is 0. The Morgan fingerprint density at radius 1 is 1.00 bits per heavy atom. The van der Waals surface area contributed by atoms with Crippen LogP contribution in [0.2, 0.25) is 0 Å². The van der Waals surface area contributed by atoms with Crippen molar-refractivity contribution in [1.29, 1.82) is 0 Å². The molecule has 0 heterocycles. The van der Waals surface area contributed by atoms with E-state index >= 15 is 0 Å². The number of nitrogens with two attached hydrogens (primary N) is 1. The Morgan fingerprint density at radius 3 is 2.05 bits per heavy atom. The first-order valence-electron chi connectivity index (χ1n) is 7.50. The SMILES string of the molecule is CC(C)[C@H](N)C(=O)O[C@@H](C)[C@H](Oc1ccccc1)C(C)C. The van der Waals surface area contributed by atoms with Gasteiger partial charge in [0.2, 0.25) is 0 Å². The summed E-state index contributed by atoms with van der Waals surface area (Å²) in [4.78, 5) is 12.0. The third-order valence-electron chi connectivity index (χ3n) is 3.43. The van der Waals surface area contributed by atoms with Crippen molar-refractivity contribution in [1.82, 2.24) is 0 Å². The van der Waals surface area contributed by atoms with Gasteiger partial charge in [-0.3, -0.25) is 4.79 Å².